The van der Waals surface area contributed by atoms with Gasteiger partial charge in [-0.2, -0.15) is 0 Å². The largest absolute Gasteiger partial charge is 0.337 e. The van der Waals surface area contributed by atoms with Crippen molar-refractivity contribution >= 4 is 0 Å². The third-order valence-electron chi connectivity index (χ3n) is 2.37. The number of hydrogen-bond donors (Lipinski definition) is 1. The maximum Gasteiger partial charge on any atom is 0.0882 e. The van der Waals surface area contributed by atoms with Gasteiger partial charge in [0.25, 0.3) is 0 Å². The van der Waals surface area contributed by atoms with E-state index in [1.807, 2.05) is 0 Å². The van der Waals surface area contributed by atoms with Crippen molar-refractivity contribution in [1.29, 1.82) is 0 Å². The van der Waals surface area contributed by atoms with E-state index in [2.05, 4.69) is 51.4 Å². The Morgan fingerprint density at radius 2 is 1.75 bits per heavy atom. The van der Waals surface area contributed by atoms with Crippen LogP contribution >= 0.6 is 0 Å². The molecule has 1 aromatic rings. The lowest BCUT2D eigenvalue weighted by molar-refractivity contribution is -0.883. The minimum Gasteiger partial charge on any atom is -0.337 e. The van der Waals surface area contributed by atoms with Crippen molar-refractivity contribution in [1.82, 2.24) is 0 Å². The van der Waals surface area contributed by atoms with Gasteiger partial charge in [0.1, 0.15) is 0 Å². The van der Waals surface area contributed by atoms with Crippen LogP contribution in [0.4, 0.5) is 0 Å². The van der Waals surface area contributed by atoms with Gasteiger partial charge >= 0.3 is 0 Å². The molecule has 1 heteroatoms. The molecule has 0 amide bonds. The Bertz CT molecular complexity index is 216. The first-order valence-corrected chi connectivity index (χ1v) is 4.54. The summed E-state index contributed by atoms with van der Waals surface area (Å²) in [5.41, 5.74) is 1.44. The predicted molar refractivity (Wildman–Crippen MR) is 52.4 cm³/mol. The maximum atomic E-state index is 2.28. The van der Waals surface area contributed by atoms with Gasteiger partial charge in [0.05, 0.1) is 20.1 Å². The SMILES string of the molecule is C[C@H](Cc1ccccc1)[NH+](C)C. The van der Waals surface area contributed by atoms with Crippen molar-refractivity contribution in [2.45, 2.75) is 19.4 Å². The average molecular weight is 164 g/mol. The Hall–Kier alpha value is -0.820. The lowest BCUT2D eigenvalue weighted by Gasteiger charge is -2.16. The van der Waals surface area contributed by atoms with Crippen LogP contribution in [-0.4, -0.2) is 20.1 Å². The molecule has 0 aliphatic rings. The monoisotopic (exact) mass is 164 g/mol. The summed E-state index contributed by atoms with van der Waals surface area (Å²) < 4.78 is 0. The average Bonchev–Trinajstić information content (AvgIpc) is 2.06. The Labute approximate surface area is 75.0 Å². The smallest absolute Gasteiger partial charge is 0.0882 e. The second kappa shape index (κ2) is 4.27. The molecule has 1 aromatic carbocycles. The van der Waals surface area contributed by atoms with Gasteiger partial charge < -0.3 is 4.90 Å². The van der Waals surface area contributed by atoms with Crippen molar-refractivity contribution in [3.05, 3.63) is 35.9 Å². The topological polar surface area (TPSA) is 4.44 Å². The molecule has 0 saturated carbocycles. The van der Waals surface area contributed by atoms with Crippen LogP contribution in [0.5, 0.6) is 0 Å². The molecule has 0 aliphatic carbocycles. The fourth-order valence-electron chi connectivity index (χ4n) is 1.17. The molecular formula is C11H18N+. The maximum absolute atomic E-state index is 2.28. The van der Waals surface area contributed by atoms with Gasteiger partial charge in [-0.3, -0.25) is 0 Å². The number of benzene rings is 1. The van der Waals surface area contributed by atoms with Crippen molar-refractivity contribution < 1.29 is 4.90 Å². The second-order valence-electron chi connectivity index (χ2n) is 3.67. The predicted octanol–water partition coefficient (Wildman–Crippen LogP) is 0.762. The van der Waals surface area contributed by atoms with Crippen LogP contribution in [0.25, 0.3) is 0 Å². The summed E-state index contributed by atoms with van der Waals surface area (Å²) in [5.74, 6) is 0. The van der Waals surface area contributed by atoms with E-state index in [1.54, 1.807) is 0 Å². The molecule has 12 heavy (non-hydrogen) atoms. The summed E-state index contributed by atoms with van der Waals surface area (Å²) in [7, 11) is 4.40. The zero-order valence-electron chi connectivity index (χ0n) is 8.17. The van der Waals surface area contributed by atoms with E-state index in [4.69, 9.17) is 0 Å². The normalized spacial score (nSPS) is 13.3. The third kappa shape index (κ3) is 2.67. The van der Waals surface area contributed by atoms with Gasteiger partial charge in [0, 0.05) is 6.42 Å². The molecule has 0 heterocycles. The van der Waals surface area contributed by atoms with Crippen molar-refractivity contribution in [2.75, 3.05) is 14.1 Å². The lowest BCUT2D eigenvalue weighted by Crippen LogP contribution is -3.09. The van der Waals surface area contributed by atoms with E-state index in [9.17, 15) is 0 Å². The fraction of sp³-hybridized carbons (Fsp3) is 0.455. The summed E-state index contributed by atoms with van der Waals surface area (Å²) in [6, 6.07) is 11.4. The van der Waals surface area contributed by atoms with Crippen molar-refractivity contribution in [3.8, 4) is 0 Å². The van der Waals surface area contributed by atoms with E-state index in [0.29, 0.717) is 6.04 Å². The number of rotatable bonds is 3. The standard InChI is InChI=1S/C11H17N/c1-10(12(2)3)9-11-7-5-4-6-8-11/h4-8,10H,9H2,1-3H3/p+1/t10-/m1/s1. The Kier molecular flexibility index (Phi) is 3.30. The van der Waals surface area contributed by atoms with E-state index >= 15 is 0 Å². The Morgan fingerprint density at radius 1 is 1.17 bits per heavy atom. The number of hydrogen-bond acceptors (Lipinski definition) is 0. The van der Waals surface area contributed by atoms with E-state index in [1.165, 1.54) is 16.9 Å². The van der Waals surface area contributed by atoms with Gasteiger partial charge in [-0.25, -0.2) is 0 Å². The summed E-state index contributed by atoms with van der Waals surface area (Å²) in [6.45, 7) is 2.28. The molecule has 1 rings (SSSR count). The van der Waals surface area contributed by atoms with E-state index < -0.39 is 0 Å². The summed E-state index contributed by atoms with van der Waals surface area (Å²) >= 11 is 0. The molecule has 0 aliphatic heterocycles. The summed E-state index contributed by atoms with van der Waals surface area (Å²) in [5, 5.41) is 0. The molecule has 0 fully saturated rings. The molecule has 0 bridgehead atoms. The number of nitrogens with one attached hydrogen (secondary N) is 1. The highest BCUT2D eigenvalue weighted by Crippen LogP contribution is 2.00. The van der Waals surface area contributed by atoms with Gasteiger partial charge in [-0.05, 0) is 12.5 Å². The van der Waals surface area contributed by atoms with Gasteiger partial charge in [0.2, 0.25) is 0 Å². The quantitative estimate of drug-likeness (QED) is 0.673. The minimum atomic E-state index is 0.701. The van der Waals surface area contributed by atoms with Crippen LogP contribution in [0.1, 0.15) is 12.5 Å². The zero-order valence-corrected chi connectivity index (χ0v) is 8.17. The highest BCUT2D eigenvalue weighted by molar-refractivity contribution is 5.15. The van der Waals surface area contributed by atoms with E-state index in [0.717, 1.165) is 0 Å². The second-order valence-corrected chi connectivity index (χ2v) is 3.67. The van der Waals surface area contributed by atoms with Crippen LogP contribution in [0.15, 0.2) is 30.3 Å². The zero-order chi connectivity index (χ0) is 8.97. The minimum absolute atomic E-state index is 0.701. The van der Waals surface area contributed by atoms with Crippen LogP contribution < -0.4 is 4.90 Å². The molecule has 0 radical (unpaired) electrons. The fourth-order valence-corrected chi connectivity index (χ4v) is 1.17. The first kappa shape index (κ1) is 9.27. The van der Waals surface area contributed by atoms with Crippen LogP contribution in [0.3, 0.4) is 0 Å². The first-order valence-electron chi connectivity index (χ1n) is 4.54. The highest BCUT2D eigenvalue weighted by Gasteiger charge is 2.07. The van der Waals surface area contributed by atoms with Gasteiger partial charge in [-0.1, -0.05) is 30.3 Å². The summed E-state index contributed by atoms with van der Waals surface area (Å²) in [4.78, 5) is 1.51. The molecule has 0 saturated heterocycles. The van der Waals surface area contributed by atoms with Crippen LogP contribution in [0, 0.1) is 0 Å². The molecular weight excluding hydrogens is 146 g/mol. The summed E-state index contributed by atoms with van der Waals surface area (Å²) in [6.07, 6.45) is 1.17. The number of likely N-dealkylation sites (N-methyl/N-ethyl adjacent to an activating group) is 1. The molecule has 1 N–H and O–H groups in total. The molecule has 1 atom stereocenters. The van der Waals surface area contributed by atoms with E-state index in [-0.39, 0.29) is 0 Å². The highest BCUT2D eigenvalue weighted by atomic mass is 15.1. The van der Waals surface area contributed by atoms with Gasteiger partial charge in [-0.15, -0.1) is 0 Å². The molecule has 66 valence electrons. The van der Waals surface area contributed by atoms with Gasteiger partial charge in [0.15, 0.2) is 0 Å². The number of quaternary nitrogens is 1. The molecule has 1 nitrogen and oxygen atoms in total. The third-order valence-corrected chi connectivity index (χ3v) is 2.37. The lowest BCUT2D eigenvalue weighted by atomic mass is 10.1. The Balaban J connectivity index is 2.53. The van der Waals surface area contributed by atoms with Crippen LogP contribution in [0.2, 0.25) is 0 Å². The van der Waals surface area contributed by atoms with Crippen molar-refractivity contribution in [3.63, 3.8) is 0 Å². The first-order chi connectivity index (χ1) is 5.70. The molecule has 0 spiro atoms. The van der Waals surface area contributed by atoms with Crippen molar-refractivity contribution in [2.24, 2.45) is 0 Å². The molecule has 0 aromatic heterocycles. The van der Waals surface area contributed by atoms with Crippen LogP contribution in [-0.2, 0) is 6.42 Å². The molecule has 0 unspecified atom stereocenters. The Morgan fingerprint density at radius 3 is 2.25 bits per heavy atom.